The molecule has 2 aromatic carbocycles. The summed E-state index contributed by atoms with van der Waals surface area (Å²) in [5.74, 6) is 0.101. The number of benzene rings is 2. The van der Waals surface area contributed by atoms with Gasteiger partial charge in [-0.25, -0.2) is 4.39 Å². The number of hydrogen-bond donors (Lipinski definition) is 1. The molecule has 2 rings (SSSR count). The van der Waals surface area contributed by atoms with E-state index in [1.807, 2.05) is 24.3 Å². The first kappa shape index (κ1) is 13.2. The van der Waals surface area contributed by atoms with E-state index in [-0.39, 0.29) is 5.02 Å². The van der Waals surface area contributed by atoms with Gasteiger partial charge in [-0.15, -0.1) is 11.6 Å². The van der Waals surface area contributed by atoms with Gasteiger partial charge in [0.15, 0.2) is 0 Å². The average Bonchev–Trinajstić information content (AvgIpc) is 2.41. The molecule has 0 radical (unpaired) electrons. The van der Waals surface area contributed by atoms with Gasteiger partial charge < -0.3 is 5.32 Å². The Morgan fingerprint density at radius 2 is 1.78 bits per heavy atom. The Morgan fingerprint density at radius 3 is 2.44 bits per heavy atom. The van der Waals surface area contributed by atoms with Crippen LogP contribution in [0.25, 0.3) is 0 Å². The Hall–Kier alpha value is -1.25. The van der Waals surface area contributed by atoms with Crippen LogP contribution in [0.2, 0.25) is 5.02 Å². The second kappa shape index (κ2) is 6.07. The first-order valence-corrected chi connectivity index (χ1v) is 6.43. The molecule has 0 aromatic heterocycles. The predicted octanol–water partition coefficient (Wildman–Crippen LogP) is 4.83. The third-order valence-electron chi connectivity index (χ3n) is 2.62. The van der Waals surface area contributed by atoms with Gasteiger partial charge in [-0.2, -0.15) is 0 Å². The lowest BCUT2D eigenvalue weighted by Crippen LogP contribution is -2.00. The van der Waals surface area contributed by atoms with Crippen LogP contribution in [0.1, 0.15) is 11.1 Å². The quantitative estimate of drug-likeness (QED) is 0.793. The van der Waals surface area contributed by atoms with E-state index in [2.05, 4.69) is 5.32 Å². The van der Waals surface area contributed by atoms with Gasteiger partial charge in [-0.3, -0.25) is 0 Å². The Kier molecular flexibility index (Phi) is 4.45. The monoisotopic (exact) mass is 283 g/mol. The van der Waals surface area contributed by atoms with Crippen molar-refractivity contribution in [3.05, 3.63) is 64.4 Å². The van der Waals surface area contributed by atoms with Crippen LogP contribution in [0.5, 0.6) is 0 Å². The maximum atomic E-state index is 13.2. The number of hydrogen-bond acceptors (Lipinski definition) is 1. The second-order valence-electron chi connectivity index (χ2n) is 3.90. The molecule has 1 nitrogen and oxygen atoms in total. The lowest BCUT2D eigenvalue weighted by molar-refractivity contribution is 0.626. The summed E-state index contributed by atoms with van der Waals surface area (Å²) in [6.07, 6.45) is 0. The van der Waals surface area contributed by atoms with Crippen LogP contribution < -0.4 is 5.32 Å². The molecule has 1 N–H and O–H groups in total. The predicted molar refractivity (Wildman–Crippen MR) is 74.7 cm³/mol. The second-order valence-corrected chi connectivity index (χ2v) is 4.54. The zero-order valence-corrected chi connectivity index (χ0v) is 11.1. The van der Waals surface area contributed by atoms with Crippen molar-refractivity contribution < 1.29 is 4.39 Å². The van der Waals surface area contributed by atoms with E-state index in [1.165, 1.54) is 6.07 Å². The van der Waals surface area contributed by atoms with E-state index >= 15 is 0 Å². The molecule has 0 fully saturated rings. The van der Waals surface area contributed by atoms with E-state index in [1.54, 1.807) is 12.1 Å². The summed E-state index contributed by atoms with van der Waals surface area (Å²) in [5, 5.41) is 3.35. The third-order valence-corrected chi connectivity index (χ3v) is 3.35. The Balaban J connectivity index is 2.04. The highest BCUT2D eigenvalue weighted by Gasteiger charge is 2.04. The largest absolute Gasteiger partial charge is 0.381 e. The highest BCUT2D eigenvalue weighted by molar-refractivity contribution is 6.31. The average molecular weight is 284 g/mol. The SMILES string of the molecule is Fc1cccc(CNc2ccc(CCl)cc2)c1Cl. The molecule has 0 saturated heterocycles. The van der Waals surface area contributed by atoms with Crippen molar-refractivity contribution in [1.82, 2.24) is 0 Å². The van der Waals surface area contributed by atoms with E-state index in [0.717, 1.165) is 16.8 Å². The molecule has 4 heteroatoms. The first-order valence-electron chi connectivity index (χ1n) is 5.52. The molecular formula is C14H12Cl2FN. The van der Waals surface area contributed by atoms with E-state index < -0.39 is 5.82 Å². The van der Waals surface area contributed by atoms with Gasteiger partial charge in [0.05, 0.1) is 5.02 Å². The molecule has 0 unspecified atom stereocenters. The van der Waals surface area contributed by atoms with Crippen LogP contribution in [0.4, 0.5) is 10.1 Å². The van der Waals surface area contributed by atoms with Crippen molar-refractivity contribution in [2.45, 2.75) is 12.4 Å². The van der Waals surface area contributed by atoms with E-state index in [4.69, 9.17) is 23.2 Å². The molecule has 0 spiro atoms. The van der Waals surface area contributed by atoms with Crippen molar-refractivity contribution in [2.75, 3.05) is 5.32 Å². The highest BCUT2D eigenvalue weighted by Crippen LogP contribution is 2.21. The molecule has 0 atom stereocenters. The van der Waals surface area contributed by atoms with Crippen molar-refractivity contribution in [3.63, 3.8) is 0 Å². The van der Waals surface area contributed by atoms with Crippen LogP contribution in [0, 0.1) is 5.82 Å². The molecule has 0 aliphatic carbocycles. The lowest BCUT2D eigenvalue weighted by Gasteiger charge is -2.09. The Morgan fingerprint density at radius 1 is 1.06 bits per heavy atom. The van der Waals surface area contributed by atoms with Gasteiger partial charge in [0.1, 0.15) is 5.82 Å². The van der Waals surface area contributed by atoms with Crippen molar-refractivity contribution in [1.29, 1.82) is 0 Å². The van der Waals surface area contributed by atoms with Gasteiger partial charge in [0, 0.05) is 18.1 Å². The van der Waals surface area contributed by atoms with E-state index in [9.17, 15) is 4.39 Å². The fourth-order valence-electron chi connectivity index (χ4n) is 1.59. The normalized spacial score (nSPS) is 10.4. The van der Waals surface area contributed by atoms with Gasteiger partial charge in [-0.05, 0) is 29.3 Å². The zero-order chi connectivity index (χ0) is 13.0. The van der Waals surface area contributed by atoms with Gasteiger partial charge in [0.2, 0.25) is 0 Å². The van der Waals surface area contributed by atoms with Crippen LogP contribution >= 0.6 is 23.2 Å². The number of halogens is 3. The zero-order valence-electron chi connectivity index (χ0n) is 9.59. The van der Waals surface area contributed by atoms with Crippen molar-refractivity contribution in [2.24, 2.45) is 0 Å². The summed E-state index contributed by atoms with van der Waals surface area (Å²) >= 11 is 11.6. The van der Waals surface area contributed by atoms with E-state index in [0.29, 0.717) is 12.4 Å². The molecular weight excluding hydrogens is 272 g/mol. The van der Waals surface area contributed by atoms with Crippen molar-refractivity contribution >= 4 is 28.9 Å². The fraction of sp³-hybridized carbons (Fsp3) is 0.143. The van der Waals surface area contributed by atoms with Crippen LogP contribution in [0.15, 0.2) is 42.5 Å². The molecule has 0 amide bonds. The maximum Gasteiger partial charge on any atom is 0.142 e. The molecule has 0 saturated carbocycles. The molecule has 94 valence electrons. The first-order chi connectivity index (χ1) is 8.70. The summed E-state index contributed by atoms with van der Waals surface area (Å²) < 4.78 is 13.2. The summed E-state index contributed by atoms with van der Waals surface area (Å²) in [5.41, 5.74) is 2.74. The molecule has 18 heavy (non-hydrogen) atoms. The third kappa shape index (κ3) is 3.15. The number of nitrogens with one attached hydrogen (secondary N) is 1. The Labute approximate surface area is 116 Å². The summed E-state index contributed by atoms with van der Waals surface area (Å²) in [4.78, 5) is 0. The lowest BCUT2D eigenvalue weighted by atomic mass is 10.2. The van der Waals surface area contributed by atoms with Crippen LogP contribution in [-0.4, -0.2) is 0 Å². The standard InChI is InChI=1S/C14H12Cl2FN/c15-8-10-4-6-12(7-5-10)18-9-11-2-1-3-13(17)14(11)16/h1-7,18H,8-9H2. The number of rotatable bonds is 4. The summed E-state index contributed by atoms with van der Waals surface area (Å²) in [6.45, 7) is 0.483. The van der Waals surface area contributed by atoms with Crippen LogP contribution in [-0.2, 0) is 12.4 Å². The summed E-state index contributed by atoms with van der Waals surface area (Å²) in [7, 11) is 0. The maximum absolute atomic E-state index is 13.2. The minimum atomic E-state index is -0.395. The highest BCUT2D eigenvalue weighted by atomic mass is 35.5. The van der Waals surface area contributed by atoms with Gasteiger partial charge in [0.25, 0.3) is 0 Å². The van der Waals surface area contributed by atoms with Gasteiger partial charge >= 0.3 is 0 Å². The van der Waals surface area contributed by atoms with Crippen molar-refractivity contribution in [3.8, 4) is 0 Å². The minimum absolute atomic E-state index is 0.169. The molecule has 0 bridgehead atoms. The smallest absolute Gasteiger partial charge is 0.142 e. The fourth-order valence-corrected chi connectivity index (χ4v) is 1.96. The molecule has 0 aliphatic rings. The Bertz CT molecular complexity index is 526. The van der Waals surface area contributed by atoms with Crippen LogP contribution in [0.3, 0.4) is 0 Å². The van der Waals surface area contributed by atoms with Gasteiger partial charge in [-0.1, -0.05) is 35.9 Å². The minimum Gasteiger partial charge on any atom is -0.381 e. The molecule has 0 aliphatic heterocycles. The molecule has 2 aromatic rings. The summed E-state index contributed by atoms with van der Waals surface area (Å²) in [6, 6.07) is 12.6. The number of alkyl halides is 1. The molecule has 0 heterocycles. The number of anilines is 1. The topological polar surface area (TPSA) is 12.0 Å².